The minimum absolute atomic E-state index is 0.139. The Labute approximate surface area is 302 Å². The molecule has 0 saturated carbocycles. The Kier molecular flexibility index (Phi) is 8.37. The molecule has 1 aliphatic rings. The molecule has 0 spiro atoms. The zero-order chi connectivity index (χ0) is 35.0. The van der Waals surface area contributed by atoms with E-state index in [1.54, 1.807) is 0 Å². The summed E-state index contributed by atoms with van der Waals surface area (Å²) in [6.45, 7) is 9.04. The van der Waals surface area contributed by atoms with Crippen molar-refractivity contribution in [3.8, 4) is 11.1 Å². The average Bonchev–Trinajstić information content (AvgIpc) is 3.38. The van der Waals surface area contributed by atoms with Crippen LogP contribution in [0.1, 0.15) is 47.2 Å². The Hall–Kier alpha value is -6.12. The van der Waals surface area contributed by atoms with E-state index in [0.717, 1.165) is 22.7 Å². The molecule has 8 rings (SSSR count). The van der Waals surface area contributed by atoms with Crippen LogP contribution in [0.3, 0.4) is 0 Å². The first kappa shape index (κ1) is 32.1. The molecular weight excluding hydrogens is 617 g/mol. The van der Waals surface area contributed by atoms with Gasteiger partial charge in [0.15, 0.2) is 0 Å². The van der Waals surface area contributed by atoms with Gasteiger partial charge < -0.3 is 9.80 Å². The van der Waals surface area contributed by atoms with Crippen LogP contribution in [0.2, 0.25) is 0 Å². The topological polar surface area (TPSA) is 6.48 Å². The second-order valence-corrected chi connectivity index (χ2v) is 14.1. The number of benzene rings is 7. The third kappa shape index (κ3) is 6.15. The monoisotopic (exact) mass is 658 g/mol. The van der Waals surface area contributed by atoms with Gasteiger partial charge in [0.2, 0.25) is 0 Å². The zero-order valence-corrected chi connectivity index (χ0v) is 29.7. The van der Waals surface area contributed by atoms with E-state index in [4.69, 9.17) is 0 Å². The number of nitrogens with zero attached hydrogens (tertiary/aromatic N) is 2. The smallest absolute Gasteiger partial charge is 0.0490 e. The number of anilines is 6. The fourth-order valence-corrected chi connectivity index (χ4v) is 7.52. The van der Waals surface area contributed by atoms with Crippen LogP contribution in [0.15, 0.2) is 170 Å². The lowest BCUT2D eigenvalue weighted by molar-refractivity contribution is 0.660. The van der Waals surface area contributed by atoms with E-state index in [2.05, 4.69) is 220 Å². The lowest BCUT2D eigenvalue weighted by Crippen LogP contribution is -2.16. The highest BCUT2D eigenvalue weighted by Gasteiger charge is 2.36. The van der Waals surface area contributed by atoms with Crippen LogP contribution in [0, 0.1) is 13.8 Å². The van der Waals surface area contributed by atoms with Crippen LogP contribution in [-0.2, 0) is 5.41 Å². The Morgan fingerprint density at radius 3 is 1.59 bits per heavy atom. The van der Waals surface area contributed by atoms with Gasteiger partial charge in [-0.3, -0.25) is 0 Å². The molecule has 0 unspecified atom stereocenters. The quantitative estimate of drug-likeness (QED) is 0.150. The minimum Gasteiger partial charge on any atom is -0.310 e. The molecule has 51 heavy (non-hydrogen) atoms. The zero-order valence-electron chi connectivity index (χ0n) is 29.7. The van der Waals surface area contributed by atoms with Gasteiger partial charge in [-0.05, 0) is 125 Å². The van der Waals surface area contributed by atoms with Crippen molar-refractivity contribution < 1.29 is 0 Å². The van der Waals surface area contributed by atoms with Gasteiger partial charge in [0.1, 0.15) is 0 Å². The Balaban J connectivity index is 1.08. The average molecular weight is 659 g/mol. The number of hydrogen-bond donors (Lipinski definition) is 0. The molecule has 248 valence electrons. The van der Waals surface area contributed by atoms with Gasteiger partial charge in [0.25, 0.3) is 0 Å². The summed E-state index contributed by atoms with van der Waals surface area (Å²) < 4.78 is 0. The van der Waals surface area contributed by atoms with Crippen molar-refractivity contribution in [1.29, 1.82) is 0 Å². The number of rotatable bonds is 8. The van der Waals surface area contributed by atoms with E-state index < -0.39 is 0 Å². The molecule has 0 radical (unpaired) electrons. The van der Waals surface area contributed by atoms with Crippen LogP contribution in [0.25, 0.3) is 23.3 Å². The predicted molar refractivity (Wildman–Crippen MR) is 218 cm³/mol. The van der Waals surface area contributed by atoms with Crippen molar-refractivity contribution in [3.63, 3.8) is 0 Å². The lowest BCUT2D eigenvalue weighted by Gasteiger charge is -2.28. The fraction of sp³-hybridized carbons (Fsp3) is 0.102. The third-order valence-corrected chi connectivity index (χ3v) is 10.2. The third-order valence-electron chi connectivity index (χ3n) is 10.2. The summed E-state index contributed by atoms with van der Waals surface area (Å²) in [5.74, 6) is 0. The van der Waals surface area contributed by atoms with E-state index >= 15 is 0 Å². The molecule has 7 aromatic rings. The van der Waals surface area contributed by atoms with Crippen molar-refractivity contribution >= 4 is 46.3 Å². The maximum absolute atomic E-state index is 2.39. The maximum atomic E-state index is 2.39. The van der Waals surface area contributed by atoms with Gasteiger partial charge in [0, 0.05) is 39.5 Å². The van der Waals surface area contributed by atoms with Gasteiger partial charge in [-0.25, -0.2) is 0 Å². The molecule has 0 amide bonds. The van der Waals surface area contributed by atoms with Crippen LogP contribution in [0.5, 0.6) is 0 Å². The molecule has 0 aromatic heterocycles. The highest BCUT2D eigenvalue weighted by Crippen LogP contribution is 2.51. The summed E-state index contributed by atoms with van der Waals surface area (Å²) in [5.41, 5.74) is 17.0. The van der Waals surface area contributed by atoms with E-state index in [1.165, 1.54) is 55.9 Å². The molecule has 1 aliphatic carbocycles. The summed E-state index contributed by atoms with van der Waals surface area (Å²) in [4.78, 5) is 4.69. The van der Waals surface area contributed by atoms with Crippen LogP contribution in [-0.4, -0.2) is 0 Å². The molecule has 2 heteroatoms. The van der Waals surface area contributed by atoms with Crippen molar-refractivity contribution in [2.24, 2.45) is 0 Å². The van der Waals surface area contributed by atoms with E-state index in [1.807, 2.05) is 0 Å². The predicted octanol–water partition coefficient (Wildman–Crippen LogP) is 13.7. The van der Waals surface area contributed by atoms with Gasteiger partial charge in [-0.2, -0.15) is 0 Å². The first-order chi connectivity index (χ1) is 24.9. The molecule has 0 saturated heterocycles. The summed E-state index contributed by atoms with van der Waals surface area (Å²) in [7, 11) is 0. The van der Waals surface area contributed by atoms with Crippen molar-refractivity contribution in [3.05, 3.63) is 203 Å². The molecule has 0 N–H and O–H groups in total. The molecule has 0 aliphatic heterocycles. The van der Waals surface area contributed by atoms with Crippen LogP contribution >= 0.6 is 0 Å². The Bertz CT molecular complexity index is 2310. The summed E-state index contributed by atoms with van der Waals surface area (Å²) in [5, 5.41) is 0. The van der Waals surface area contributed by atoms with Crippen LogP contribution in [0.4, 0.5) is 34.1 Å². The highest BCUT2D eigenvalue weighted by molar-refractivity contribution is 5.87. The first-order valence-corrected chi connectivity index (χ1v) is 17.8. The molecule has 0 atom stereocenters. The molecule has 2 nitrogen and oxygen atoms in total. The summed E-state index contributed by atoms with van der Waals surface area (Å²) >= 11 is 0. The first-order valence-electron chi connectivity index (χ1n) is 17.8. The molecule has 7 aromatic carbocycles. The van der Waals surface area contributed by atoms with Gasteiger partial charge in [0.05, 0.1) is 0 Å². The summed E-state index contributed by atoms with van der Waals surface area (Å²) in [6, 6.07) is 61.4. The normalized spacial score (nSPS) is 12.8. The Morgan fingerprint density at radius 1 is 0.412 bits per heavy atom. The number of fused-ring (bicyclic) bond motifs is 3. The molecular formula is C49H42N2. The largest absolute Gasteiger partial charge is 0.310 e. The van der Waals surface area contributed by atoms with Gasteiger partial charge in [-0.1, -0.05) is 129 Å². The van der Waals surface area contributed by atoms with Gasteiger partial charge >= 0.3 is 0 Å². The molecule has 0 bridgehead atoms. The Morgan fingerprint density at radius 2 is 0.922 bits per heavy atom. The van der Waals surface area contributed by atoms with Crippen molar-refractivity contribution in [2.75, 3.05) is 9.80 Å². The van der Waals surface area contributed by atoms with Crippen molar-refractivity contribution in [1.82, 2.24) is 0 Å². The number of aryl methyl sites for hydroxylation is 2. The summed E-state index contributed by atoms with van der Waals surface area (Å²) in [6.07, 6.45) is 4.47. The molecule has 0 fully saturated rings. The standard InChI is InChI=1S/C49H42N2/c1-35-14-13-20-42(32-35)51(48-21-12-11-15-36(48)2)41-27-24-37(25-28-41)22-23-38-26-30-44-45-31-29-43(34-47(45)49(3,4)46(44)33-38)50(39-16-7-5-8-17-39)40-18-9-6-10-19-40/h5-34H,1-4H3/b23-22+. The van der Waals surface area contributed by atoms with E-state index in [9.17, 15) is 0 Å². The lowest BCUT2D eigenvalue weighted by atomic mass is 9.81. The SMILES string of the molecule is Cc1cccc(N(c2ccc(/C=C/c3ccc4c(c3)C(C)(C)c3cc(N(c5ccccc5)c5ccccc5)ccc3-4)cc2)c2ccccc2C)c1. The minimum atomic E-state index is -0.139. The van der Waals surface area contributed by atoms with Crippen LogP contribution < -0.4 is 9.80 Å². The number of hydrogen-bond acceptors (Lipinski definition) is 2. The highest BCUT2D eigenvalue weighted by atomic mass is 15.1. The van der Waals surface area contributed by atoms with Gasteiger partial charge in [-0.15, -0.1) is 0 Å². The number of para-hydroxylation sites is 3. The fourth-order valence-electron chi connectivity index (χ4n) is 7.52. The second-order valence-electron chi connectivity index (χ2n) is 14.1. The second kappa shape index (κ2) is 13.3. The van der Waals surface area contributed by atoms with E-state index in [0.29, 0.717) is 0 Å². The van der Waals surface area contributed by atoms with E-state index in [-0.39, 0.29) is 5.41 Å². The maximum Gasteiger partial charge on any atom is 0.0490 e. The van der Waals surface area contributed by atoms with Crippen molar-refractivity contribution in [2.45, 2.75) is 33.1 Å². The molecule has 0 heterocycles.